The largest absolute Gasteiger partial charge is 0.481 e. The summed E-state index contributed by atoms with van der Waals surface area (Å²) in [4.78, 5) is 29.6. The van der Waals surface area contributed by atoms with Crippen LogP contribution in [0.1, 0.15) is 24.1 Å². The lowest BCUT2D eigenvalue weighted by Crippen LogP contribution is -2.46. The summed E-state index contributed by atoms with van der Waals surface area (Å²) in [5, 5.41) is 5.14. The van der Waals surface area contributed by atoms with Crippen LogP contribution < -0.4 is 15.0 Å². The molecule has 1 aromatic heterocycles. The van der Waals surface area contributed by atoms with Crippen LogP contribution in [0, 0.1) is 5.82 Å². The molecule has 0 radical (unpaired) electrons. The van der Waals surface area contributed by atoms with Gasteiger partial charge in [-0.05, 0) is 49.4 Å². The first kappa shape index (κ1) is 20.8. The number of nitrogens with zero attached hydrogens (tertiary/aromatic N) is 2. The number of anilines is 1. The van der Waals surface area contributed by atoms with Gasteiger partial charge in [-0.3, -0.25) is 9.59 Å². The van der Waals surface area contributed by atoms with E-state index in [2.05, 4.69) is 10.2 Å². The maximum atomic E-state index is 13.4. The maximum absolute atomic E-state index is 13.4. The molecule has 0 aliphatic carbocycles. The minimum absolute atomic E-state index is 0.0486. The number of hydrogen-bond acceptors (Lipinski definition) is 5. The van der Waals surface area contributed by atoms with E-state index in [4.69, 9.17) is 4.74 Å². The van der Waals surface area contributed by atoms with E-state index in [1.807, 2.05) is 17.5 Å². The first-order valence-corrected chi connectivity index (χ1v) is 11.2. The highest BCUT2D eigenvalue weighted by molar-refractivity contribution is 7.10. The quantitative estimate of drug-likeness (QED) is 0.732. The Bertz CT molecular complexity index is 882. The van der Waals surface area contributed by atoms with Crippen molar-refractivity contribution >= 4 is 28.8 Å². The van der Waals surface area contributed by atoms with Gasteiger partial charge in [-0.1, -0.05) is 6.07 Å². The lowest BCUT2D eigenvalue weighted by molar-refractivity contribution is -0.122. The summed E-state index contributed by atoms with van der Waals surface area (Å²) in [6, 6.07) is 8.47. The van der Waals surface area contributed by atoms with Crippen molar-refractivity contribution in [2.24, 2.45) is 0 Å². The Morgan fingerprint density at radius 2 is 2.07 bits per heavy atom. The van der Waals surface area contributed by atoms with Gasteiger partial charge in [-0.2, -0.15) is 0 Å². The van der Waals surface area contributed by atoms with Crippen LogP contribution in [-0.4, -0.2) is 55.5 Å². The van der Waals surface area contributed by atoms with E-state index in [-0.39, 0.29) is 30.3 Å². The summed E-state index contributed by atoms with van der Waals surface area (Å²) in [5.41, 5.74) is 0.639. The van der Waals surface area contributed by atoms with Crippen LogP contribution in [0.25, 0.3) is 0 Å². The third-order valence-electron chi connectivity index (χ3n) is 5.59. The zero-order valence-electron chi connectivity index (χ0n) is 16.8. The zero-order valence-corrected chi connectivity index (χ0v) is 17.6. The second-order valence-corrected chi connectivity index (χ2v) is 8.77. The number of carbonyl (C=O) groups excluding carboxylic acids is 2. The fourth-order valence-corrected chi connectivity index (χ4v) is 4.73. The van der Waals surface area contributed by atoms with E-state index < -0.39 is 0 Å². The molecular formula is C22H26FN3O3S. The van der Waals surface area contributed by atoms with Crippen molar-refractivity contribution in [3.8, 4) is 5.75 Å². The molecule has 1 fully saturated rings. The van der Waals surface area contributed by atoms with Crippen molar-refractivity contribution in [2.75, 3.05) is 37.7 Å². The van der Waals surface area contributed by atoms with Gasteiger partial charge in [0.2, 0.25) is 5.91 Å². The molecule has 1 aromatic carbocycles. The number of likely N-dealkylation sites (tertiary alicyclic amines) is 1. The highest BCUT2D eigenvalue weighted by Gasteiger charge is 2.26. The van der Waals surface area contributed by atoms with Crippen LogP contribution in [-0.2, 0) is 16.0 Å². The Hall–Kier alpha value is -2.45. The zero-order chi connectivity index (χ0) is 20.9. The summed E-state index contributed by atoms with van der Waals surface area (Å²) in [7, 11) is 0. The van der Waals surface area contributed by atoms with Gasteiger partial charge in [0.25, 0.3) is 5.91 Å². The number of halogens is 1. The number of piperidine rings is 1. The van der Waals surface area contributed by atoms with Crippen LogP contribution in [0.2, 0.25) is 0 Å². The molecule has 8 heteroatoms. The number of ether oxygens (including phenoxy) is 1. The fraction of sp³-hybridized carbons (Fsp3) is 0.455. The summed E-state index contributed by atoms with van der Waals surface area (Å²) in [6.45, 7) is 3.29. The van der Waals surface area contributed by atoms with Crippen molar-refractivity contribution in [1.82, 2.24) is 10.2 Å². The number of nitrogens with one attached hydrogen (secondary N) is 1. The molecular weight excluding hydrogens is 405 g/mol. The smallest absolute Gasteiger partial charge is 0.265 e. The van der Waals surface area contributed by atoms with Crippen molar-refractivity contribution in [1.29, 1.82) is 0 Å². The SMILES string of the molecule is O=C(Cc1cccs1)NC1CCN(CCCN2C(=O)COc3cc(F)ccc32)CC1. The highest BCUT2D eigenvalue weighted by Crippen LogP contribution is 2.32. The lowest BCUT2D eigenvalue weighted by Gasteiger charge is -2.33. The number of benzene rings is 1. The number of thiophene rings is 1. The summed E-state index contributed by atoms with van der Waals surface area (Å²) >= 11 is 1.61. The Morgan fingerprint density at radius 3 is 2.83 bits per heavy atom. The molecule has 6 nitrogen and oxygen atoms in total. The van der Waals surface area contributed by atoms with Gasteiger partial charge in [-0.25, -0.2) is 4.39 Å². The number of hydrogen-bond donors (Lipinski definition) is 1. The minimum Gasteiger partial charge on any atom is -0.481 e. The fourth-order valence-electron chi connectivity index (χ4n) is 4.03. The number of carbonyl (C=O) groups is 2. The molecule has 3 heterocycles. The number of amides is 2. The molecule has 1 saturated heterocycles. The molecule has 4 rings (SSSR count). The first-order chi connectivity index (χ1) is 14.6. The average molecular weight is 432 g/mol. The topological polar surface area (TPSA) is 61.9 Å². The van der Waals surface area contributed by atoms with Gasteiger partial charge in [-0.15, -0.1) is 11.3 Å². The standard InChI is InChI=1S/C22H26FN3O3S/c23-16-4-5-19-20(13-16)29-15-22(28)26(19)9-2-8-25-10-6-17(7-11-25)24-21(27)14-18-3-1-12-30-18/h1,3-5,12-13,17H,2,6-11,14-15H2,(H,24,27). The third kappa shape index (κ3) is 5.17. The van der Waals surface area contributed by atoms with E-state index in [0.717, 1.165) is 43.8 Å². The van der Waals surface area contributed by atoms with Crippen molar-refractivity contribution in [3.05, 3.63) is 46.4 Å². The van der Waals surface area contributed by atoms with E-state index in [0.29, 0.717) is 24.4 Å². The van der Waals surface area contributed by atoms with Crippen molar-refractivity contribution in [2.45, 2.75) is 31.7 Å². The molecule has 0 atom stereocenters. The van der Waals surface area contributed by atoms with Crippen LogP contribution in [0.15, 0.2) is 35.7 Å². The normalized spacial score (nSPS) is 17.5. The Labute approximate surface area is 179 Å². The monoisotopic (exact) mass is 431 g/mol. The Morgan fingerprint density at radius 1 is 1.23 bits per heavy atom. The second kappa shape index (κ2) is 9.57. The molecule has 2 aliphatic rings. The molecule has 0 bridgehead atoms. The second-order valence-electron chi connectivity index (χ2n) is 7.74. The first-order valence-electron chi connectivity index (χ1n) is 10.4. The molecule has 0 saturated carbocycles. The molecule has 160 valence electrons. The van der Waals surface area contributed by atoms with Gasteiger partial charge in [0.15, 0.2) is 6.61 Å². The molecule has 2 amide bonds. The van der Waals surface area contributed by atoms with E-state index in [9.17, 15) is 14.0 Å². The minimum atomic E-state index is -0.367. The summed E-state index contributed by atoms with van der Waals surface area (Å²) in [6.07, 6.45) is 3.17. The van der Waals surface area contributed by atoms with Crippen LogP contribution >= 0.6 is 11.3 Å². The Balaban J connectivity index is 1.19. The molecule has 1 N–H and O–H groups in total. The predicted molar refractivity (Wildman–Crippen MR) is 114 cm³/mol. The van der Waals surface area contributed by atoms with E-state index in [1.54, 1.807) is 22.3 Å². The summed E-state index contributed by atoms with van der Waals surface area (Å²) < 4.78 is 18.7. The highest BCUT2D eigenvalue weighted by atomic mass is 32.1. The van der Waals surface area contributed by atoms with Crippen LogP contribution in [0.5, 0.6) is 5.75 Å². The van der Waals surface area contributed by atoms with E-state index in [1.165, 1.54) is 12.1 Å². The summed E-state index contributed by atoms with van der Waals surface area (Å²) in [5.74, 6) is 0.0557. The maximum Gasteiger partial charge on any atom is 0.265 e. The molecule has 2 aliphatic heterocycles. The van der Waals surface area contributed by atoms with Gasteiger partial charge in [0, 0.05) is 36.6 Å². The van der Waals surface area contributed by atoms with Crippen molar-refractivity contribution in [3.63, 3.8) is 0 Å². The predicted octanol–water partition coefficient (Wildman–Crippen LogP) is 2.83. The van der Waals surface area contributed by atoms with Crippen molar-refractivity contribution < 1.29 is 18.7 Å². The lowest BCUT2D eigenvalue weighted by atomic mass is 10.0. The number of rotatable bonds is 7. The van der Waals surface area contributed by atoms with Gasteiger partial charge in [0.05, 0.1) is 12.1 Å². The Kier molecular flexibility index (Phi) is 6.64. The van der Waals surface area contributed by atoms with Crippen LogP contribution in [0.4, 0.5) is 10.1 Å². The van der Waals surface area contributed by atoms with E-state index >= 15 is 0 Å². The third-order valence-corrected chi connectivity index (χ3v) is 6.46. The number of fused-ring (bicyclic) bond motifs is 1. The molecule has 2 aromatic rings. The average Bonchev–Trinajstić information content (AvgIpc) is 3.24. The van der Waals surface area contributed by atoms with Gasteiger partial charge >= 0.3 is 0 Å². The van der Waals surface area contributed by atoms with Gasteiger partial charge < -0.3 is 19.9 Å². The van der Waals surface area contributed by atoms with Crippen LogP contribution in [0.3, 0.4) is 0 Å². The molecule has 30 heavy (non-hydrogen) atoms. The van der Waals surface area contributed by atoms with Gasteiger partial charge in [0.1, 0.15) is 11.6 Å². The molecule has 0 unspecified atom stereocenters. The molecule has 0 spiro atoms.